The number of aromatic nitrogens is 1. The number of nitrogens with two attached hydrogens (primary N) is 1. The van der Waals surface area contributed by atoms with Gasteiger partial charge in [0.25, 0.3) is 0 Å². The first-order chi connectivity index (χ1) is 11.0. The fraction of sp³-hybridized carbons (Fsp3) is 0.267. The number of anilines is 1. The van der Waals surface area contributed by atoms with Crippen LogP contribution in [0.2, 0.25) is 10.2 Å². The van der Waals surface area contributed by atoms with E-state index in [1.54, 1.807) is 24.3 Å². The number of pyridine rings is 1. The van der Waals surface area contributed by atoms with E-state index in [9.17, 15) is 4.39 Å². The van der Waals surface area contributed by atoms with E-state index in [1.807, 2.05) is 17.5 Å². The Balaban J connectivity index is 2.02. The highest BCUT2D eigenvalue weighted by Crippen LogP contribution is 2.43. The quantitative estimate of drug-likeness (QED) is 0.555. The fourth-order valence-electron chi connectivity index (χ4n) is 2.17. The van der Waals surface area contributed by atoms with Crippen LogP contribution in [0, 0.1) is 0 Å². The lowest BCUT2D eigenvalue weighted by molar-refractivity contribution is 0.305. The minimum Gasteiger partial charge on any atom is -0.379 e. The van der Waals surface area contributed by atoms with Gasteiger partial charge in [0.1, 0.15) is 10.7 Å². The highest BCUT2D eigenvalue weighted by atomic mass is 35.5. The number of nitrogens with zero attached hydrogens (tertiary/aromatic N) is 1. The molecule has 0 saturated carbocycles. The molecular weight excluding hydrogens is 376 g/mol. The van der Waals surface area contributed by atoms with Crippen LogP contribution in [0.5, 0.6) is 0 Å². The van der Waals surface area contributed by atoms with Gasteiger partial charge in [0.15, 0.2) is 6.17 Å². The predicted molar refractivity (Wildman–Crippen MR) is 98.8 cm³/mol. The molecule has 3 aromatic rings. The molecule has 1 unspecified atom stereocenters. The van der Waals surface area contributed by atoms with Crippen molar-refractivity contribution in [3.63, 3.8) is 0 Å². The summed E-state index contributed by atoms with van der Waals surface area (Å²) in [5, 5.41) is 5.94. The molecule has 2 atom stereocenters. The van der Waals surface area contributed by atoms with E-state index in [4.69, 9.17) is 28.9 Å². The second-order valence-electron chi connectivity index (χ2n) is 5.14. The van der Waals surface area contributed by atoms with Crippen LogP contribution >= 0.6 is 45.9 Å². The van der Waals surface area contributed by atoms with Crippen LogP contribution in [0.15, 0.2) is 23.6 Å². The van der Waals surface area contributed by atoms with Crippen LogP contribution in [0.25, 0.3) is 10.2 Å². The molecule has 0 aliphatic rings. The first kappa shape index (κ1) is 16.9. The molecule has 0 aliphatic carbocycles. The van der Waals surface area contributed by atoms with E-state index in [-0.39, 0.29) is 5.02 Å². The normalized spacial score (nSPS) is 14.1. The summed E-state index contributed by atoms with van der Waals surface area (Å²) >= 11 is 15.3. The van der Waals surface area contributed by atoms with Gasteiger partial charge in [-0.05, 0) is 18.4 Å². The van der Waals surface area contributed by atoms with Gasteiger partial charge >= 0.3 is 0 Å². The molecule has 3 rings (SSSR count). The standard InChI is InChI=1S/C15H14Cl2FN3S2/c1-7(19)12(18)15-11(17)13-14(23-15)9(5-10(16)21-13)20-6-8-3-2-4-22-8/h2-5,7,12H,6,19H2,1H3,(H,20,21)/t7-,12?/m0/s1. The molecule has 0 bridgehead atoms. The van der Waals surface area contributed by atoms with Crippen molar-refractivity contribution in [3.05, 3.63) is 43.5 Å². The number of hydrogen-bond donors (Lipinski definition) is 2. The molecule has 3 nitrogen and oxygen atoms in total. The molecule has 0 radical (unpaired) electrons. The number of rotatable bonds is 5. The Kier molecular flexibility index (Phi) is 5.08. The molecular formula is C15H14Cl2FN3S2. The maximum absolute atomic E-state index is 14.3. The monoisotopic (exact) mass is 389 g/mol. The Morgan fingerprint density at radius 3 is 2.87 bits per heavy atom. The zero-order valence-corrected chi connectivity index (χ0v) is 15.3. The van der Waals surface area contributed by atoms with E-state index in [2.05, 4.69) is 10.3 Å². The Labute approximate surface area is 151 Å². The zero-order valence-electron chi connectivity index (χ0n) is 12.1. The van der Waals surface area contributed by atoms with Crippen LogP contribution in [0.4, 0.5) is 10.1 Å². The molecule has 0 spiro atoms. The first-order valence-corrected chi connectivity index (χ1v) is 9.37. The lowest BCUT2D eigenvalue weighted by Crippen LogP contribution is -2.20. The van der Waals surface area contributed by atoms with Crippen molar-refractivity contribution in [2.75, 3.05) is 5.32 Å². The summed E-state index contributed by atoms with van der Waals surface area (Å²) in [6.07, 6.45) is -1.33. The largest absolute Gasteiger partial charge is 0.379 e. The lowest BCUT2D eigenvalue weighted by Gasteiger charge is -2.09. The summed E-state index contributed by atoms with van der Waals surface area (Å²) in [5.74, 6) is 0. The predicted octanol–water partition coefficient (Wildman–Crippen LogP) is 5.63. The number of hydrogen-bond acceptors (Lipinski definition) is 5. The Morgan fingerprint density at radius 2 is 2.22 bits per heavy atom. The van der Waals surface area contributed by atoms with Crippen molar-refractivity contribution in [2.24, 2.45) is 5.73 Å². The van der Waals surface area contributed by atoms with Gasteiger partial charge in [-0.15, -0.1) is 22.7 Å². The SMILES string of the molecule is C[C@H](N)C(F)c1sc2c(NCc3cccs3)cc(Cl)nc2c1Cl. The van der Waals surface area contributed by atoms with Gasteiger partial charge < -0.3 is 11.1 Å². The van der Waals surface area contributed by atoms with Crippen molar-refractivity contribution >= 4 is 61.8 Å². The summed E-state index contributed by atoms with van der Waals surface area (Å²) in [5.41, 5.74) is 6.97. The molecule has 0 aromatic carbocycles. The minimum atomic E-state index is -1.33. The van der Waals surface area contributed by atoms with Crippen LogP contribution < -0.4 is 11.1 Å². The number of thiophene rings is 2. The van der Waals surface area contributed by atoms with Crippen LogP contribution in [0.1, 0.15) is 22.8 Å². The number of fused-ring (bicyclic) bond motifs is 1. The molecule has 3 N–H and O–H groups in total. The lowest BCUT2D eigenvalue weighted by atomic mass is 10.2. The number of nitrogens with one attached hydrogen (secondary N) is 1. The van der Waals surface area contributed by atoms with Crippen molar-refractivity contribution in [2.45, 2.75) is 25.7 Å². The van der Waals surface area contributed by atoms with Gasteiger partial charge in [-0.3, -0.25) is 0 Å². The highest BCUT2D eigenvalue weighted by Gasteiger charge is 2.24. The molecule has 0 aliphatic heterocycles. The molecule has 122 valence electrons. The Morgan fingerprint density at radius 1 is 1.43 bits per heavy atom. The topological polar surface area (TPSA) is 50.9 Å². The third-order valence-electron chi connectivity index (χ3n) is 3.32. The van der Waals surface area contributed by atoms with Crippen LogP contribution in [-0.2, 0) is 6.54 Å². The summed E-state index contributed by atoms with van der Waals surface area (Å²) in [6, 6.07) is 5.12. The van der Waals surface area contributed by atoms with Gasteiger partial charge in [0, 0.05) is 23.5 Å². The second kappa shape index (κ2) is 6.91. The van der Waals surface area contributed by atoms with Gasteiger partial charge in [-0.1, -0.05) is 29.3 Å². The van der Waals surface area contributed by atoms with Crippen molar-refractivity contribution in [1.29, 1.82) is 0 Å². The van der Waals surface area contributed by atoms with Crippen molar-refractivity contribution in [1.82, 2.24) is 4.98 Å². The fourth-order valence-corrected chi connectivity index (χ4v) is 4.64. The molecule has 23 heavy (non-hydrogen) atoms. The second-order valence-corrected chi connectivity index (χ2v) is 7.99. The Bertz CT molecular complexity index is 818. The van der Waals surface area contributed by atoms with Crippen molar-refractivity contribution in [3.8, 4) is 0 Å². The Hall–Kier alpha value is -0.920. The van der Waals surface area contributed by atoms with Crippen molar-refractivity contribution < 1.29 is 4.39 Å². The van der Waals surface area contributed by atoms with Gasteiger partial charge in [-0.25, -0.2) is 9.37 Å². The van der Waals surface area contributed by atoms with Crippen LogP contribution in [0.3, 0.4) is 0 Å². The summed E-state index contributed by atoms with van der Waals surface area (Å²) < 4.78 is 15.1. The van der Waals surface area contributed by atoms with E-state index in [0.29, 0.717) is 22.1 Å². The average Bonchev–Trinajstić information content (AvgIpc) is 3.13. The highest BCUT2D eigenvalue weighted by molar-refractivity contribution is 7.20. The number of alkyl halides is 1. The summed E-state index contributed by atoms with van der Waals surface area (Å²) in [6.45, 7) is 2.27. The summed E-state index contributed by atoms with van der Waals surface area (Å²) in [7, 11) is 0. The van der Waals surface area contributed by atoms with E-state index in [0.717, 1.165) is 10.4 Å². The smallest absolute Gasteiger partial charge is 0.150 e. The van der Waals surface area contributed by atoms with Gasteiger partial charge in [-0.2, -0.15) is 0 Å². The zero-order chi connectivity index (χ0) is 16.6. The molecule has 8 heteroatoms. The molecule has 3 aromatic heterocycles. The summed E-state index contributed by atoms with van der Waals surface area (Å²) in [4.78, 5) is 5.82. The van der Waals surface area contributed by atoms with E-state index >= 15 is 0 Å². The average molecular weight is 390 g/mol. The molecule has 0 fully saturated rings. The third kappa shape index (κ3) is 3.46. The van der Waals surface area contributed by atoms with Gasteiger partial charge in [0.2, 0.25) is 0 Å². The van der Waals surface area contributed by atoms with Crippen LogP contribution in [-0.4, -0.2) is 11.0 Å². The number of halogens is 3. The maximum Gasteiger partial charge on any atom is 0.150 e. The third-order valence-corrected chi connectivity index (χ3v) is 6.15. The van der Waals surface area contributed by atoms with E-state index < -0.39 is 12.2 Å². The van der Waals surface area contributed by atoms with E-state index in [1.165, 1.54) is 16.2 Å². The molecule has 3 heterocycles. The molecule has 0 saturated heterocycles. The first-order valence-electron chi connectivity index (χ1n) is 6.91. The minimum absolute atomic E-state index is 0.288. The molecule has 0 amide bonds. The van der Waals surface area contributed by atoms with Gasteiger partial charge in [0.05, 0.1) is 20.3 Å². The maximum atomic E-state index is 14.3.